The van der Waals surface area contributed by atoms with E-state index in [1.54, 1.807) is 0 Å². The summed E-state index contributed by atoms with van der Waals surface area (Å²) in [7, 11) is -0.368. The van der Waals surface area contributed by atoms with Crippen molar-refractivity contribution < 1.29 is 9.31 Å². The minimum Gasteiger partial charge on any atom is -0.399 e. The molecule has 0 amide bonds. The monoisotopic (exact) mass is 1460 g/mol. The predicted molar refractivity (Wildman–Crippen MR) is 439 cm³/mol. The molecule has 0 N–H and O–H groups in total. The van der Waals surface area contributed by atoms with Gasteiger partial charge < -0.3 is 9.31 Å². The second-order valence-corrected chi connectivity index (χ2v) is 28.4. The third-order valence-corrected chi connectivity index (χ3v) is 20.8. The van der Waals surface area contributed by atoms with E-state index in [-0.39, 0.29) is 18.3 Å². The summed E-state index contributed by atoms with van der Waals surface area (Å²) in [6, 6.07) is 127. The van der Waals surface area contributed by atoms with E-state index in [9.17, 15) is 0 Å². The van der Waals surface area contributed by atoms with Crippen molar-refractivity contribution in [2.75, 3.05) is 0 Å². The number of benzene rings is 13. The molecule has 5 nitrogen and oxygen atoms in total. The summed E-state index contributed by atoms with van der Waals surface area (Å²) in [5, 5.41) is 4.92. The van der Waals surface area contributed by atoms with Gasteiger partial charge in [0, 0.05) is 42.3 Å². The zero-order chi connectivity index (χ0) is 70.3. The standard InChI is InChI=1S/C56H38N2.C29H28BNO2.C10H6Br2/c1-5-15-39(16-6-1)47-35-53(43-19-9-3-10-20-43)57-55(37-47)45-31-27-41(28-32-45)49-23-13-26-52-50(24-14-25-51(49)52)42-29-33-46(34-30-42)56-38-48(40-17-7-2-8-18-40)36-54(58-56)44-21-11-4-12-22-44;1-28(2)29(3,4)33-30(32-28)25-17-15-23(16-18-25)27-20-24(21-11-7-5-8-12-21)19-26(31-27)22-13-9-6-10-14-22;11-9-5-1-3-7-8(9)4-2-6-10(7)12/h1-38H;5-20H,1-4H3;1-6H. The number of rotatable bonds is 12. The Bertz CT molecular complexity index is 5170. The van der Waals surface area contributed by atoms with Crippen LogP contribution in [-0.2, 0) is 9.31 Å². The van der Waals surface area contributed by atoms with Crippen LogP contribution in [0, 0.1) is 0 Å². The fourth-order valence-electron chi connectivity index (χ4n) is 13.2. The Morgan fingerprint density at radius 1 is 0.223 bits per heavy atom. The minimum atomic E-state index is -0.368. The molecular weight excluding hydrogens is 1390 g/mol. The highest BCUT2D eigenvalue weighted by atomic mass is 79.9. The van der Waals surface area contributed by atoms with Crippen LogP contribution in [0.15, 0.2) is 373 Å². The summed E-state index contributed by atoms with van der Waals surface area (Å²) in [5.41, 5.74) is 24.3. The number of halogens is 2. The van der Waals surface area contributed by atoms with Gasteiger partial charge in [-0.05, 0) is 159 Å². The molecule has 1 aliphatic heterocycles. The van der Waals surface area contributed by atoms with E-state index >= 15 is 0 Å². The Morgan fingerprint density at radius 3 is 0.748 bits per heavy atom. The SMILES string of the molecule is Brc1cccc2c(Br)cccc12.CC1(C)OB(c2ccc(-c3cc(-c4ccccc4)cc(-c4ccccc4)n3)cc2)OC1(C)C.c1ccc(-c2cc(-c3ccccc3)nc(-c3ccc(-c4cccc5c(-c6ccc(-c7cc(-c8ccccc8)cc(-c8ccccc8)n7)cc6)cccc45)cc3)c2)cc1. The number of pyridine rings is 3. The van der Waals surface area contributed by atoms with E-state index in [1.165, 1.54) is 60.5 Å². The zero-order valence-corrected chi connectivity index (χ0v) is 60.8. The van der Waals surface area contributed by atoms with Crippen LogP contribution in [-0.4, -0.2) is 33.3 Å². The maximum Gasteiger partial charge on any atom is 0.494 e. The average Bonchev–Trinajstić information content (AvgIpc) is 1.76. The van der Waals surface area contributed by atoms with E-state index < -0.39 is 0 Å². The van der Waals surface area contributed by atoms with Crippen LogP contribution in [0.2, 0.25) is 0 Å². The van der Waals surface area contributed by atoms with Crippen molar-refractivity contribution in [1.82, 2.24) is 15.0 Å². The molecule has 16 aromatic rings. The van der Waals surface area contributed by atoms with Crippen molar-refractivity contribution in [3.63, 3.8) is 0 Å². The number of aromatic nitrogens is 3. The Balaban J connectivity index is 0.000000158. The first-order chi connectivity index (χ1) is 50.3. The quantitative estimate of drug-likeness (QED) is 0.114. The Labute approximate surface area is 620 Å². The first kappa shape index (κ1) is 67.6. The molecule has 0 bridgehead atoms. The maximum absolute atomic E-state index is 6.21. The van der Waals surface area contributed by atoms with Gasteiger partial charge in [-0.25, -0.2) is 15.0 Å². The smallest absolute Gasteiger partial charge is 0.399 e. The Morgan fingerprint density at radius 2 is 0.456 bits per heavy atom. The van der Waals surface area contributed by atoms with Gasteiger partial charge in [-0.1, -0.05) is 347 Å². The molecule has 1 fully saturated rings. The van der Waals surface area contributed by atoms with Crippen LogP contribution in [0.25, 0.3) is 145 Å². The molecule has 496 valence electrons. The predicted octanol–water partition coefficient (Wildman–Crippen LogP) is 25.7. The first-order valence-electron chi connectivity index (χ1n) is 34.8. The van der Waals surface area contributed by atoms with Crippen molar-refractivity contribution >= 4 is 66.0 Å². The minimum absolute atomic E-state index is 0.355. The molecule has 17 rings (SSSR count). The molecule has 1 saturated heterocycles. The third kappa shape index (κ3) is 15.1. The first-order valence-corrected chi connectivity index (χ1v) is 36.3. The van der Waals surface area contributed by atoms with E-state index in [1.807, 2.05) is 48.5 Å². The highest BCUT2D eigenvalue weighted by Crippen LogP contribution is 2.41. The lowest BCUT2D eigenvalue weighted by atomic mass is 9.78. The summed E-state index contributed by atoms with van der Waals surface area (Å²) in [6.45, 7) is 8.30. The number of nitrogens with zero attached hydrogens (tertiary/aromatic N) is 3. The highest BCUT2D eigenvalue weighted by Gasteiger charge is 2.51. The molecule has 0 atom stereocenters. The van der Waals surface area contributed by atoms with E-state index in [0.29, 0.717) is 0 Å². The Hall–Kier alpha value is -11.2. The van der Waals surface area contributed by atoms with Crippen molar-refractivity contribution in [3.8, 4) is 123 Å². The largest absolute Gasteiger partial charge is 0.494 e. The van der Waals surface area contributed by atoms with Crippen LogP contribution < -0.4 is 5.46 Å². The van der Waals surface area contributed by atoms with E-state index in [0.717, 1.165) is 98.6 Å². The summed E-state index contributed by atoms with van der Waals surface area (Å²) in [5.74, 6) is 0. The van der Waals surface area contributed by atoms with Crippen molar-refractivity contribution in [2.24, 2.45) is 0 Å². The molecular formula is C95H72BBr2N3O2. The second kappa shape index (κ2) is 30.1. The van der Waals surface area contributed by atoms with E-state index in [4.69, 9.17) is 24.3 Å². The normalized spacial score (nSPS) is 12.8. The third-order valence-electron chi connectivity index (χ3n) is 19.5. The molecule has 1 aliphatic rings. The average molecular weight is 1460 g/mol. The molecule has 0 aliphatic carbocycles. The van der Waals surface area contributed by atoms with Gasteiger partial charge in [0.15, 0.2) is 0 Å². The summed E-state index contributed by atoms with van der Waals surface area (Å²) in [6.07, 6.45) is 0. The van der Waals surface area contributed by atoms with Gasteiger partial charge in [0.1, 0.15) is 0 Å². The fraction of sp³-hybridized carbons (Fsp3) is 0.0632. The zero-order valence-electron chi connectivity index (χ0n) is 57.6. The van der Waals surface area contributed by atoms with Crippen molar-refractivity contribution in [1.29, 1.82) is 0 Å². The maximum atomic E-state index is 6.21. The molecule has 0 spiro atoms. The number of hydrogen-bond acceptors (Lipinski definition) is 5. The van der Waals surface area contributed by atoms with Crippen LogP contribution in [0.1, 0.15) is 27.7 Å². The molecule has 103 heavy (non-hydrogen) atoms. The summed E-state index contributed by atoms with van der Waals surface area (Å²) in [4.78, 5) is 15.3. The van der Waals surface area contributed by atoms with Crippen molar-refractivity contribution in [2.45, 2.75) is 38.9 Å². The van der Waals surface area contributed by atoms with Gasteiger partial charge in [-0.15, -0.1) is 0 Å². The Kier molecular flexibility index (Phi) is 19.8. The van der Waals surface area contributed by atoms with Gasteiger partial charge in [0.05, 0.1) is 45.4 Å². The lowest BCUT2D eigenvalue weighted by Gasteiger charge is -2.32. The lowest BCUT2D eigenvalue weighted by molar-refractivity contribution is 0.00578. The van der Waals surface area contributed by atoms with Crippen LogP contribution in [0.4, 0.5) is 0 Å². The molecule has 0 unspecified atom stereocenters. The fourth-order valence-corrected chi connectivity index (χ4v) is 14.2. The molecule has 4 heterocycles. The summed E-state index contributed by atoms with van der Waals surface area (Å²) >= 11 is 7.02. The van der Waals surface area contributed by atoms with Crippen LogP contribution >= 0.6 is 31.9 Å². The van der Waals surface area contributed by atoms with Gasteiger partial charge in [-0.3, -0.25) is 0 Å². The van der Waals surface area contributed by atoms with Gasteiger partial charge in [0.2, 0.25) is 0 Å². The van der Waals surface area contributed by atoms with Crippen LogP contribution in [0.3, 0.4) is 0 Å². The van der Waals surface area contributed by atoms with Gasteiger partial charge in [0.25, 0.3) is 0 Å². The number of hydrogen-bond donors (Lipinski definition) is 0. The van der Waals surface area contributed by atoms with Gasteiger partial charge in [-0.2, -0.15) is 0 Å². The summed E-state index contributed by atoms with van der Waals surface area (Å²) < 4.78 is 14.7. The molecule has 0 radical (unpaired) electrons. The molecule has 3 aromatic heterocycles. The number of fused-ring (bicyclic) bond motifs is 2. The van der Waals surface area contributed by atoms with Crippen molar-refractivity contribution in [3.05, 3.63) is 373 Å². The van der Waals surface area contributed by atoms with Gasteiger partial charge >= 0.3 is 7.12 Å². The topological polar surface area (TPSA) is 57.1 Å². The molecule has 0 saturated carbocycles. The highest BCUT2D eigenvalue weighted by molar-refractivity contribution is 9.11. The molecule has 8 heteroatoms. The van der Waals surface area contributed by atoms with Crippen LogP contribution in [0.5, 0.6) is 0 Å². The molecule has 13 aromatic carbocycles. The second-order valence-electron chi connectivity index (χ2n) is 26.7. The van der Waals surface area contributed by atoms with E-state index in [2.05, 4.69) is 375 Å². The lowest BCUT2D eigenvalue weighted by Crippen LogP contribution is -2.41.